The highest BCUT2D eigenvalue weighted by atomic mass is 16.5. The Labute approximate surface area is 209 Å². The molecule has 6 heteroatoms. The smallest absolute Gasteiger partial charge is 0.320 e. The molecule has 2 atom stereocenters. The maximum absolute atomic E-state index is 12.3. The third-order valence-corrected chi connectivity index (χ3v) is 7.51. The van der Waals surface area contributed by atoms with E-state index in [1.165, 1.54) is 41.0 Å². The molecule has 1 aromatic heterocycles. The highest BCUT2D eigenvalue weighted by Gasteiger charge is 2.40. The van der Waals surface area contributed by atoms with E-state index in [0.29, 0.717) is 19.1 Å². The number of hydrogen-bond acceptors (Lipinski definition) is 6. The Morgan fingerprint density at radius 3 is 2.80 bits per heavy atom. The number of esters is 1. The molecule has 0 spiro atoms. The predicted octanol–water partition coefficient (Wildman–Crippen LogP) is 5.04. The van der Waals surface area contributed by atoms with Crippen LogP contribution in [0.2, 0.25) is 0 Å². The second kappa shape index (κ2) is 11.5. The fraction of sp³-hybridized carbons (Fsp3) is 0.586. The molecule has 1 aliphatic carbocycles. The van der Waals surface area contributed by atoms with Crippen molar-refractivity contribution in [2.75, 3.05) is 38.2 Å². The van der Waals surface area contributed by atoms with E-state index in [1.807, 2.05) is 6.92 Å². The molecule has 35 heavy (non-hydrogen) atoms. The summed E-state index contributed by atoms with van der Waals surface area (Å²) in [6, 6.07) is 13.2. The summed E-state index contributed by atoms with van der Waals surface area (Å²) in [7, 11) is 0. The molecular formula is C29H39N3O3. The third-order valence-electron chi connectivity index (χ3n) is 7.51. The van der Waals surface area contributed by atoms with Gasteiger partial charge in [0.25, 0.3) is 0 Å². The number of benzene rings is 1. The van der Waals surface area contributed by atoms with E-state index in [1.54, 1.807) is 0 Å². The maximum atomic E-state index is 12.3. The molecule has 1 saturated heterocycles. The number of rotatable bonds is 11. The van der Waals surface area contributed by atoms with Gasteiger partial charge in [0.05, 0.1) is 36.7 Å². The Hall–Kier alpha value is -2.44. The Bertz CT molecular complexity index is 1010. The number of ether oxygens (including phenoxy) is 2. The van der Waals surface area contributed by atoms with E-state index in [0.717, 1.165) is 58.2 Å². The van der Waals surface area contributed by atoms with E-state index in [9.17, 15) is 4.79 Å². The van der Waals surface area contributed by atoms with Gasteiger partial charge in [0.1, 0.15) is 0 Å². The van der Waals surface area contributed by atoms with Crippen molar-refractivity contribution in [1.82, 2.24) is 9.88 Å². The fourth-order valence-electron chi connectivity index (χ4n) is 5.65. The first-order valence-electron chi connectivity index (χ1n) is 13.6. The summed E-state index contributed by atoms with van der Waals surface area (Å²) < 4.78 is 11.8. The fourth-order valence-corrected chi connectivity index (χ4v) is 5.65. The standard InChI is InChI=1S/C29H39N3O3/c1-2-34-28(33)20-32-18-16-27(29(32)24-10-4-3-9-23(24)21-12-13-21)35-19-6-5-8-22-14-15-25-26(31-22)11-7-17-30-25/h3-4,9-10,14-15,21,27,29-30H,2,5-8,11-13,16-20H2,1H3. The van der Waals surface area contributed by atoms with Gasteiger partial charge in [0.2, 0.25) is 0 Å². The van der Waals surface area contributed by atoms with Crippen LogP contribution in [-0.2, 0) is 27.1 Å². The lowest BCUT2D eigenvalue weighted by molar-refractivity contribution is -0.145. The van der Waals surface area contributed by atoms with E-state index >= 15 is 0 Å². The van der Waals surface area contributed by atoms with Crippen LogP contribution in [0.4, 0.5) is 5.69 Å². The van der Waals surface area contributed by atoms with Crippen LogP contribution in [-0.4, -0.2) is 54.8 Å². The van der Waals surface area contributed by atoms with E-state index in [2.05, 4.69) is 46.6 Å². The predicted molar refractivity (Wildman–Crippen MR) is 138 cm³/mol. The van der Waals surface area contributed by atoms with Gasteiger partial charge in [-0.15, -0.1) is 0 Å². The summed E-state index contributed by atoms with van der Waals surface area (Å²) in [4.78, 5) is 19.5. The van der Waals surface area contributed by atoms with Crippen molar-refractivity contribution in [1.29, 1.82) is 0 Å². The summed E-state index contributed by atoms with van der Waals surface area (Å²) in [5.74, 6) is 0.519. The van der Waals surface area contributed by atoms with Gasteiger partial charge >= 0.3 is 5.97 Å². The highest BCUT2D eigenvalue weighted by Crippen LogP contribution is 2.46. The van der Waals surface area contributed by atoms with Crippen molar-refractivity contribution < 1.29 is 14.3 Å². The molecule has 3 heterocycles. The number of hydrogen-bond donors (Lipinski definition) is 1. The van der Waals surface area contributed by atoms with E-state index < -0.39 is 0 Å². The summed E-state index contributed by atoms with van der Waals surface area (Å²) >= 11 is 0. The Morgan fingerprint density at radius 1 is 1.11 bits per heavy atom. The molecule has 0 bridgehead atoms. The van der Waals surface area contributed by atoms with Crippen molar-refractivity contribution in [3.05, 3.63) is 58.9 Å². The number of unbranched alkanes of at least 4 members (excludes halogenated alkanes) is 1. The van der Waals surface area contributed by atoms with Crippen LogP contribution in [0.3, 0.4) is 0 Å². The lowest BCUT2D eigenvalue weighted by atomic mass is 9.94. The SMILES string of the molecule is CCOC(=O)CN1CCC(OCCCCc2ccc3c(n2)CCCN3)C1c1ccccc1C1CC1. The summed E-state index contributed by atoms with van der Waals surface area (Å²) in [6.45, 7) is 5.27. The highest BCUT2D eigenvalue weighted by molar-refractivity contribution is 5.71. The largest absolute Gasteiger partial charge is 0.465 e. The lowest BCUT2D eigenvalue weighted by Gasteiger charge is -2.29. The number of aromatic nitrogens is 1. The first kappa shape index (κ1) is 24.3. The molecule has 2 fully saturated rings. The van der Waals surface area contributed by atoms with Crippen LogP contribution < -0.4 is 5.32 Å². The summed E-state index contributed by atoms with van der Waals surface area (Å²) in [5, 5.41) is 3.44. The molecule has 2 unspecified atom stereocenters. The third kappa shape index (κ3) is 6.04. The molecule has 1 N–H and O–H groups in total. The van der Waals surface area contributed by atoms with Crippen LogP contribution in [0.15, 0.2) is 36.4 Å². The normalized spacial score (nSPS) is 22.0. The first-order chi connectivity index (χ1) is 17.2. The van der Waals surface area contributed by atoms with Crippen molar-refractivity contribution in [2.24, 2.45) is 0 Å². The molecule has 188 valence electrons. The number of anilines is 1. The minimum Gasteiger partial charge on any atom is -0.465 e. The number of carbonyl (C=O) groups is 1. The molecule has 0 amide bonds. The topological polar surface area (TPSA) is 63.7 Å². The zero-order chi connectivity index (χ0) is 24.0. The second-order valence-electron chi connectivity index (χ2n) is 10.1. The molecule has 1 aromatic carbocycles. The van der Waals surface area contributed by atoms with Gasteiger partial charge in [-0.3, -0.25) is 14.7 Å². The van der Waals surface area contributed by atoms with Crippen LogP contribution in [0.5, 0.6) is 0 Å². The molecular weight excluding hydrogens is 438 g/mol. The molecule has 6 nitrogen and oxygen atoms in total. The number of pyridine rings is 1. The number of fused-ring (bicyclic) bond motifs is 1. The summed E-state index contributed by atoms with van der Waals surface area (Å²) in [5.41, 5.74) is 6.39. The van der Waals surface area contributed by atoms with E-state index in [-0.39, 0.29) is 18.1 Å². The van der Waals surface area contributed by atoms with Crippen LogP contribution >= 0.6 is 0 Å². The van der Waals surface area contributed by atoms with Crippen LogP contribution in [0, 0.1) is 0 Å². The van der Waals surface area contributed by atoms with Gasteiger partial charge in [-0.25, -0.2) is 0 Å². The average molecular weight is 478 g/mol. The number of carbonyl (C=O) groups excluding carboxylic acids is 1. The number of nitrogens with one attached hydrogen (secondary N) is 1. The van der Waals surface area contributed by atoms with Crippen LogP contribution in [0.1, 0.15) is 79.9 Å². The molecule has 2 aliphatic heterocycles. The van der Waals surface area contributed by atoms with Crippen molar-refractivity contribution in [3.63, 3.8) is 0 Å². The molecule has 1 saturated carbocycles. The number of aryl methyl sites for hydroxylation is 2. The van der Waals surface area contributed by atoms with Gasteiger partial charge in [0.15, 0.2) is 0 Å². The number of likely N-dealkylation sites (tertiary alicyclic amines) is 1. The first-order valence-corrected chi connectivity index (χ1v) is 13.6. The zero-order valence-electron chi connectivity index (χ0n) is 21.0. The van der Waals surface area contributed by atoms with Gasteiger partial charge in [-0.1, -0.05) is 24.3 Å². The summed E-state index contributed by atoms with van der Waals surface area (Å²) in [6.07, 6.45) is 8.90. The van der Waals surface area contributed by atoms with Gasteiger partial charge in [-0.05, 0) is 87.5 Å². The van der Waals surface area contributed by atoms with Gasteiger partial charge in [0, 0.05) is 25.4 Å². The van der Waals surface area contributed by atoms with Gasteiger partial charge < -0.3 is 14.8 Å². The number of nitrogens with zero attached hydrogens (tertiary/aromatic N) is 2. The Balaban J connectivity index is 1.18. The van der Waals surface area contributed by atoms with Crippen molar-refractivity contribution in [3.8, 4) is 0 Å². The van der Waals surface area contributed by atoms with Crippen molar-refractivity contribution in [2.45, 2.75) is 76.4 Å². The minimum atomic E-state index is -0.144. The minimum absolute atomic E-state index is 0.109. The van der Waals surface area contributed by atoms with Crippen molar-refractivity contribution >= 4 is 11.7 Å². The quantitative estimate of drug-likeness (QED) is 0.362. The Morgan fingerprint density at radius 2 is 1.97 bits per heavy atom. The molecule has 2 aromatic rings. The van der Waals surface area contributed by atoms with Crippen LogP contribution in [0.25, 0.3) is 0 Å². The average Bonchev–Trinajstić information content (AvgIpc) is 3.65. The lowest BCUT2D eigenvalue weighted by Crippen LogP contribution is -2.34. The van der Waals surface area contributed by atoms with Gasteiger partial charge in [-0.2, -0.15) is 0 Å². The molecule has 0 radical (unpaired) electrons. The zero-order valence-corrected chi connectivity index (χ0v) is 21.0. The van der Waals surface area contributed by atoms with E-state index in [4.69, 9.17) is 14.5 Å². The maximum Gasteiger partial charge on any atom is 0.320 e. The Kier molecular flexibility index (Phi) is 7.99. The second-order valence-corrected chi connectivity index (χ2v) is 10.1. The monoisotopic (exact) mass is 477 g/mol. The molecule has 3 aliphatic rings. The molecule has 5 rings (SSSR count).